The summed E-state index contributed by atoms with van der Waals surface area (Å²) in [5.74, 6) is -0.230. The van der Waals surface area contributed by atoms with Crippen LogP contribution in [0.15, 0.2) is 16.6 Å². The monoisotopic (exact) mass is 341 g/mol. The van der Waals surface area contributed by atoms with Crippen molar-refractivity contribution in [3.8, 4) is 5.75 Å². The lowest BCUT2D eigenvalue weighted by molar-refractivity contribution is -0.145. The van der Waals surface area contributed by atoms with Crippen LogP contribution in [0.2, 0.25) is 0 Å². The lowest BCUT2D eigenvalue weighted by Gasteiger charge is -2.19. The highest BCUT2D eigenvalue weighted by Gasteiger charge is 2.23. The Morgan fingerprint density at radius 1 is 1.55 bits per heavy atom. The number of carbonyl (C=O) groups is 1. The van der Waals surface area contributed by atoms with Crippen molar-refractivity contribution in [3.05, 3.63) is 27.7 Å². The molecule has 20 heavy (non-hydrogen) atoms. The number of rotatable bonds is 7. The Balaban J connectivity index is 2.20. The van der Waals surface area contributed by atoms with Crippen LogP contribution < -0.4 is 10.1 Å². The second-order valence-electron chi connectivity index (χ2n) is 5.22. The zero-order chi connectivity index (χ0) is 14.7. The number of nitrogens with one attached hydrogen (secondary N) is 1. The van der Waals surface area contributed by atoms with Crippen LogP contribution >= 0.6 is 15.9 Å². The second kappa shape index (κ2) is 6.59. The van der Waals surface area contributed by atoms with Gasteiger partial charge in [-0.25, -0.2) is 4.79 Å². The van der Waals surface area contributed by atoms with E-state index >= 15 is 0 Å². The molecule has 0 bridgehead atoms. The van der Waals surface area contributed by atoms with E-state index in [0.717, 1.165) is 15.6 Å². The SMILES string of the molecule is CCC(Oc1c(C)cc(Br)cc1CNC1CC1)C(=O)O. The predicted octanol–water partition coefficient (Wildman–Crippen LogP) is 3.25. The van der Waals surface area contributed by atoms with Gasteiger partial charge in [0.05, 0.1) is 0 Å². The number of ether oxygens (including phenoxy) is 1. The second-order valence-corrected chi connectivity index (χ2v) is 6.13. The molecule has 0 amide bonds. The molecule has 1 aromatic carbocycles. The summed E-state index contributed by atoms with van der Waals surface area (Å²) in [5.41, 5.74) is 1.95. The summed E-state index contributed by atoms with van der Waals surface area (Å²) in [5, 5.41) is 12.6. The highest BCUT2D eigenvalue weighted by atomic mass is 79.9. The zero-order valence-corrected chi connectivity index (χ0v) is 13.4. The van der Waals surface area contributed by atoms with E-state index in [9.17, 15) is 4.79 Å². The van der Waals surface area contributed by atoms with E-state index in [0.29, 0.717) is 24.8 Å². The lowest BCUT2D eigenvalue weighted by Crippen LogP contribution is -2.27. The number of halogens is 1. The lowest BCUT2D eigenvalue weighted by atomic mass is 10.1. The molecule has 1 unspecified atom stereocenters. The molecule has 4 nitrogen and oxygen atoms in total. The summed E-state index contributed by atoms with van der Waals surface area (Å²) in [7, 11) is 0. The first kappa shape index (κ1) is 15.3. The van der Waals surface area contributed by atoms with Gasteiger partial charge >= 0.3 is 5.97 Å². The Hall–Kier alpha value is -1.07. The average Bonchev–Trinajstić information content (AvgIpc) is 3.18. The number of benzene rings is 1. The molecule has 1 aromatic rings. The fourth-order valence-corrected chi connectivity index (χ4v) is 2.71. The van der Waals surface area contributed by atoms with E-state index in [1.165, 1.54) is 12.8 Å². The minimum atomic E-state index is -0.920. The third-order valence-electron chi connectivity index (χ3n) is 3.38. The number of aryl methyl sites for hydroxylation is 1. The average molecular weight is 342 g/mol. The normalized spacial score (nSPS) is 15.9. The maximum Gasteiger partial charge on any atom is 0.344 e. The van der Waals surface area contributed by atoms with Crippen molar-refractivity contribution in [2.75, 3.05) is 0 Å². The van der Waals surface area contributed by atoms with E-state index in [2.05, 4.69) is 21.2 Å². The largest absolute Gasteiger partial charge is 0.479 e. The van der Waals surface area contributed by atoms with Crippen molar-refractivity contribution in [2.45, 2.75) is 51.8 Å². The molecule has 0 aromatic heterocycles. The van der Waals surface area contributed by atoms with Gasteiger partial charge in [0, 0.05) is 22.6 Å². The third-order valence-corrected chi connectivity index (χ3v) is 3.84. The van der Waals surface area contributed by atoms with E-state index in [1.54, 1.807) is 0 Å². The van der Waals surface area contributed by atoms with Gasteiger partial charge in [-0.05, 0) is 43.9 Å². The first-order valence-corrected chi connectivity index (χ1v) is 7.72. The van der Waals surface area contributed by atoms with Gasteiger partial charge in [-0.1, -0.05) is 22.9 Å². The number of aliphatic carboxylic acids is 1. The zero-order valence-electron chi connectivity index (χ0n) is 11.8. The fourth-order valence-electron chi connectivity index (χ4n) is 2.09. The van der Waals surface area contributed by atoms with Crippen LogP contribution in [0.25, 0.3) is 0 Å². The molecular formula is C15H20BrNO3. The third kappa shape index (κ3) is 3.96. The van der Waals surface area contributed by atoms with Crippen molar-refractivity contribution in [1.29, 1.82) is 0 Å². The van der Waals surface area contributed by atoms with Crippen LogP contribution in [0.5, 0.6) is 5.75 Å². The molecule has 1 atom stereocenters. The highest BCUT2D eigenvalue weighted by Crippen LogP contribution is 2.30. The Morgan fingerprint density at radius 3 is 2.80 bits per heavy atom. The summed E-state index contributed by atoms with van der Waals surface area (Å²) in [6.45, 7) is 4.46. The molecule has 1 saturated carbocycles. The first-order chi connectivity index (χ1) is 9.51. The van der Waals surface area contributed by atoms with Crippen LogP contribution in [-0.2, 0) is 11.3 Å². The summed E-state index contributed by atoms with van der Waals surface area (Å²) < 4.78 is 6.72. The van der Waals surface area contributed by atoms with Gasteiger partial charge in [0.15, 0.2) is 6.10 Å². The minimum Gasteiger partial charge on any atom is -0.479 e. The standard InChI is InChI=1S/C15H20BrNO3/c1-3-13(15(18)19)20-14-9(2)6-11(16)7-10(14)8-17-12-4-5-12/h6-7,12-13,17H,3-5,8H2,1-2H3,(H,18,19). The molecule has 0 aliphatic heterocycles. The van der Waals surface area contributed by atoms with Gasteiger partial charge in [0.1, 0.15) is 5.75 Å². The molecule has 1 aliphatic carbocycles. The molecule has 1 aliphatic rings. The number of hydrogen-bond acceptors (Lipinski definition) is 3. The maximum absolute atomic E-state index is 11.2. The maximum atomic E-state index is 11.2. The highest BCUT2D eigenvalue weighted by molar-refractivity contribution is 9.10. The molecular weight excluding hydrogens is 322 g/mol. The predicted molar refractivity (Wildman–Crippen MR) is 81.1 cm³/mol. The van der Waals surface area contributed by atoms with Crippen molar-refractivity contribution in [1.82, 2.24) is 5.32 Å². The van der Waals surface area contributed by atoms with Gasteiger partial charge in [-0.3, -0.25) is 0 Å². The van der Waals surface area contributed by atoms with Crippen molar-refractivity contribution >= 4 is 21.9 Å². The first-order valence-electron chi connectivity index (χ1n) is 6.93. The number of carboxylic acids is 1. The Bertz CT molecular complexity index is 500. The van der Waals surface area contributed by atoms with Gasteiger partial charge in [-0.15, -0.1) is 0 Å². The van der Waals surface area contributed by atoms with Crippen LogP contribution in [-0.4, -0.2) is 23.2 Å². The molecule has 2 N–H and O–H groups in total. The molecule has 110 valence electrons. The van der Waals surface area contributed by atoms with E-state index in [1.807, 2.05) is 26.0 Å². The van der Waals surface area contributed by atoms with Crippen LogP contribution in [0, 0.1) is 6.92 Å². The molecule has 5 heteroatoms. The summed E-state index contributed by atoms with van der Waals surface area (Å²) >= 11 is 3.48. The van der Waals surface area contributed by atoms with E-state index < -0.39 is 12.1 Å². The molecule has 0 spiro atoms. The smallest absolute Gasteiger partial charge is 0.344 e. The van der Waals surface area contributed by atoms with Crippen LogP contribution in [0.4, 0.5) is 0 Å². The van der Waals surface area contributed by atoms with Gasteiger partial charge < -0.3 is 15.2 Å². The summed E-state index contributed by atoms with van der Waals surface area (Å²) in [6, 6.07) is 4.54. The minimum absolute atomic E-state index is 0.445. The number of hydrogen-bond donors (Lipinski definition) is 2. The Labute approximate surface area is 127 Å². The molecule has 2 rings (SSSR count). The summed E-state index contributed by atoms with van der Waals surface area (Å²) in [4.78, 5) is 11.2. The van der Waals surface area contributed by atoms with E-state index in [4.69, 9.17) is 9.84 Å². The van der Waals surface area contributed by atoms with Crippen molar-refractivity contribution < 1.29 is 14.6 Å². The molecule has 0 radical (unpaired) electrons. The Kier molecular flexibility index (Phi) is 5.05. The van der Waals surface area contributed by atoms with Crippen LogP contribution in [0.1, 0.15) is 37.3 Å². The summed E-state index contributed by atoms with van der Waals surface area (Å²) in [6.07, 6.45) is 2.08. The number of carboxylic acid groups (broad SMARTS) is 1. The molecule has 0 saturated heterocycles. The van der Waals surface area contributed by atoms with Crippen molar-refractivity contribution in [3.63, 3.8) is 0 Å². The Morgan fingerprint density at radius 2 is 2.25 bits per heavy atom. The van der Waals surface area contributed by atoms with Gasteiger partial charge in [-0.2, -0.15) is 0 Å². The van der Waals surface area contributed by atoms with Crippen LogP contribution in [0.3, 0.4) is 0 Å². The topological polar surface area (TPSA) is 58.6 Å². The quantitative estimate of drug-likeness (QED) is 0.799. The molecule has 0 heterocycles. The van der Waals surface area contributed by atoms with Gasteiger partial charge in [0.2, 0.25) is 0 Å². The molecule has 1 fully saturated rings. The van der Waals surface area contributed by atoms with E-state index in [-0.39, 0.29) is 0 Å². The van der Waals surface area contributed by atoms with Crippen molar-refractivity contribution in [2.24, 2.45) is 0 Å². The van der Waals surface area contributed by atoms with Gasteiger partial charge in [0.25, 0.3) is 0 Å². The fraction of sp³-hybridized carbons (Fsp3) is 0.533.